The van der Waals surface area contributed by atoms with E-state index in [9.17, 15) is 4.79 Å². The van der Waals surface area contributed by atoms with Crippen LogP contribution in [-0.2, 0) is 11.2 Å². The SMILES string of the molecule is CC(C)(C)NC(=O)CNc1nnc(CCCl)o1. The normalized spacial score (nSPS) is 11.3. The second-order valence-corrected chi connectivity index (χ2v) is 4.97. The fourth-order valence-electron chi connectivity index (χ4n) is 1.13. The molecule has 0 aromatic carbocycles. The molecule has 1 rings (SSSR count). The lowest BCUT2D eigenvalue weighted by atomic mass is 10.1. The van der Waals surface area contributed by atoms with Gasteiger partial charge in [0.1, 0.15) is 0 Å². The Hall–Kier alpha value is -1.30. The number of aryl methyl sites for hydroxylation is 1. The first-order valence-corrected chi connectivity index (χ1v) is 5.87. The zero-order valence-corrected chi connectivity index (χ0v) is 11.0. The Morgan fingerprint density at radius 3 is 2.71 bits per heavy atom. The average molecular weight is 261 g/mol. The second-order valence-electron chi connectivity index (χ2n) is 4.59. The van der Waals surface area contributed by atoms with Crippen LogP contribution in [0.1, 0.15) is 26.7 Å². The summed E-state index contributed by atoms with van der Waals surface area (Å²) in [6.45, 7) is 5.84. The first-order chi connectivity index (χ1) is 7.90. The highest BCUT2D eigenvalue weighted by atomic mass is 35.5. The number of rotatable bonds is 5. The lowest BCUT2D eigenvalue weighted by Gasteiger charge is -2.20. The molecule has 0 fully saturated rings. The third kappa shape index (κ3) is 5.53. The van der Waals surface area contributed by atoms with Gasteiger partial charge in [0.15, 0.2) is 0 Å². The number of hydrogen-bond acceptors (Lipinski definition) is 5. The number of halogens is 1. The van der Waals surface area contributed by atoms with E-state index in [4.69, 9.17) is 16.0 Å². The van der Waals surface area contributed by atoms with E-state index in [1.54, 1.807) is 0 Å². The number of amides is 1. The highest BCUT2D eigenvalue weighted by molar-refractivity contribution is 6.17. The van der Waals surface area contributed by atoms with Crippen molar-refractivity contribution in [1.29, 1.82) is 0 Å². The molecule has 1 heterocycles. The number of aromatic nitrogens is 2. The number of nitrogens with zero attached hydrogens (tertiary/aromatic N) is 2. The van der Waals surface area contributed by atoms with Crippen molar-refractivity contribution in [3.63, 3.8) is 0 Å². The van der Waals surface area contributed by atoms with Gasteiger partial charge in [0.05, 0.1) is 6.54 Å². The molecule has 0 bridgehead atoms. The molecule has 0 atom stereocenters. The van der Waals surface area contributed by atoms with Crippen LogP contribution in [0.25, 0.3) is 0 Å². The number of carbonyl (C=O) groups is 1. The van der Waals surface area contributed by atoms with Crippen LogP contribution in [0.5, 0.6) is 0 Å². The van der Waals surface area contributed by atoms with Crippen LogP contribution in [0.2, 0.25) is 0 Å². The quantitative estimate of drug-likeness (QED) is 0.777. The molecule has 0 aliphatic carbocycles. The van der Waals surface area contributed by atoms with Gasteiger partial charge < -0.3 is 15.1 Å². The van der Waals surface area contributed by atoms with E-state index in [1.165, 1.54) is 0 Å². The molecular formula is C10H17ClN4O2. The smallest absolute Gasteiger partial charge is 0.315 e. The predicted octanol–water partition coefficient (Wildman–Crippen LogP) is 1.18. The largest absolute Gasteiger partial charge is 0.408 e. The summed E-state index contributed by atoms with van der Waals surface area (Å²) in [5, 5.41) is 13.1. The van der Waals surface area contributed by atoms with E-state index in [0.717, 1.165) is 0 Å². The number of nitrogens with one attached hydrogen (secondary N) is 2. The molecule has 96 valence electrons. The van der Waals surface area contributed by atoms with Crippen molar-refractivity contribution in [1.82, 2.24) is 15.5 Å². The number of alkyl halides is 1. The van der Waals surface area contributed by atoms with Gasteiger partial charge >= 0.3 is 6.01 Å². The molecule has 0 aliphatic heterocycles. The van der Waals surface area contributed by atoms with E-state index in [2.05, 4.69) is 20.8 Å². The minimum atomic E-state index is -0.253. The molecule has 0 unspecified atom stereocenters. The molecule has 1 amide bonds. The summed E-state index contributed by atoms with van der Waals surface area (Å²) in [4.78, 5) is 11.5. The first kappa shape index (κ1) is 13.8. The van der Waals surface area contributed by atoms with Crippen molar-refractivity contribution >= 4 is 23.5 Å². The zero-order valence-electron chi connectivity index (χ0n) is 10.2. The second kappa shape index (κ2) is 5.86. The molecule has 6 nitrogen and oxygen atoms in total. The Bertz CT molecular complexity index is 373. The Balaban J connectivity index is 2.37. The van der Waals surface area contributed by atoms with E-state index in [1.807, 2.05) is 20.8 Å². The third-order valence-electron chi connectivity index (χ3n) is 1.69. The summed E-state index contributed by atoms with van der Waals surface area (Å²) in [5.74, 6) is 0.750. The van der Waals surface area contributed by atoms with Gasteiger partial charge in [0, 0.05) is 17.8 Å². The summed E-state index contributed by atoms with van der Waals surface area (Å²) in [6.07, 6.45) is 0.518. The van der Waals surface area contributed by atoms with Crippen molar-refractivity contribution in [2.75, 3.05) is 17.7 Å². The maximum Gasteiger partial charge on any atom is 0.315 e. The number of anilines is 1. The Morgan fingerprint density at radius 1 is 1.41 bits per heavy atom. The minimum absolute atomic E-state index is 0.0970. The summed E-state index contributed by atoms with van der Waals surface area (Å²) >= 11 is 5.53. The standard InChI is InChI=1S/C10H17ClN4O2/c1-10(2,3)13-7(16)6-12-9-15-14-8(17-9)4-5-11/h4-6H2,1-3H3,(H,12,15)(H,13,16). The number of hydrogen-bond donors (Lipinski definition) is 2. The molecule has 1 aromatic heterocycles. The summed E-state index contributed by atoms with van der Waals surface area (Å²) in [6, 6.07) is 0.231. The maximum absolute atomic E-state index is 11.5. The molecule has 1 aromatic rings. The van der Waals surface area contributed by atoms with Crippen molar-refractivity contribution in [2.45, 2.75) is 32.7 Å². The van der Waals surface area contributed by atoms with Crippen LogP contribution >= 0.6 is 11.6 Å². The highest BCUT2D eigenvalue weighted by Gasteiger charge is 2.14. The van der Waals surface area contributed by atoms with Gasteiger partial charge in [-0.25, -0.2) is 0 Å². The van der Waals surface area contributed by atoms with Gasteiger partial charge in [-0.05, 0) is 20.8 Å². The van der Waals surface area contributed by atoms with Crippen molar-refractivity contribution in [3.05, 3.63) is 5.89 Å². The first-order valence-electron chi connectivity index (χ1n) is 5.34. The van der Waals surface area contributed by atoms with Crippen LogP contribution in [0, 0.1) is 0 Å². The van der Waals surface area contributed by atoms with Crippen LogP contribution in [0.3, 0.4) is 0 Å². The Labute approximate surface area is 105 Å². The number of carbonyl (C=O) groups excluding carboxylic acids is 1. The highest BCUT2D eigenvalue weighted by Crippen LogP contribution is 2.06. The average Bonchev–Trinajstić information content (AvgIpc) is 2.61. The predicted molar refractivity (Wildman–Crippen MR) is 65.1 cm³/mol. The molecular weight excluding hydrogens is 244 g/mol. The molecule has 2 N–H and O–H groups in total. The van der Waals surface area contributed by atoms with Gasteiger partial charge in [-0.2, -0.15) is 0 Å². The van der Waals surface area contributed by atoms with Gasteiger partial charge in [-0.1, -0.05) is 5.10 Å². The monoisotopic (exact) mass is 260 g/mol. The van der Waals surface area contributed by atoms with E-state index < -0.39 is 0 Å². The van der Waals surface area contributed by atoms with Crippen molar-refractivity contribution in [3.8, 4) is 0 Å². The molecule has 0 saturated heterocycles. The summed E-state index contributed by atoms with van der Waals surface area (Å²) < 4.78 is 5.21. The lowest BCUT2D eigenvalue weighted by Crippen LogP contribution is -2.43. The van der Waals surface area contributed by atoms with Gasteiger partial charge in [-0.15, -0.1) is 16.7 Å². The van der Waals surface area contributed by atoms with Crippen LogP contribution in [0.15, 0.2) is 4.42 Å². The Kier molecular flexibility index (Phi) is 4.74. The van der Waals surface area contributed by atoms with Gasteiger partial charge in [0.25, 0.3) is 0 Å². The Morgan fingerprint density at radius 2 is 2.12 bits per heavy atom. The minimum Gasteiger partial charge on any atom is -0.408 e. The molecule has 7 heteroatoms. The van der Waals surface area contributed by atoms with Gasteiger partial charge in [-0.3, -0.25) is 4.79 Å². The van der Waals surface area contributed by atoms with E-state index >= 15 is 0 Å². The lowest BCUT2D eigenvalue weighted by molar-refractivity contribution is -0.120. The van der Waals surface area contributed by atoms with Crippen LogP contribution in [0.4, 0.5) is 6.01 Å². The molecule has 0 aliphatic rings. The van der Waals surface area contributed by atoms with Crippen molar-refractivity contribution in [2.24, 2.45) is 0 Å². The molecule has 17 heavy (non-hydrogen) atoms. The van der Waals surface area contributed by atoms with E-state index in [-0.39, 0.29) is 24.0 Å². The fourth-order valence-corrected chi connectivity index (χ4v) is 1.29. The van der Waals surface area contributed by atoms with Gasteiger partial charge in [0.2, 0.25) is 11.8 Å². The van der Waals surface area contributed by atoms with Crippen LogP contribution < -0.4 is 10.6 Å². The van der Waals surface area contributed by atoms with Crippen LogP contribution in [-0.4, -0.2) is 34.1 Å². The molecule has 0 radical (unpaired) electrons. The molecule has 0 saturated carbocycles. The summed E-state index contributed by atoms with van der Waals surface area (Å²) in [7, 11) is 0. The molecule has 0 spiro atoms. The maximum atomic E-state index is 11.5. The fraction of sp³-hybridized carbons (Fsp3) is 0.700. The van der Waals surface area contributed by atoms with Crippen molar-refractivity contribution < 1.29 is 9.21 Å². The topological polar surface area (TPSA) is 80.0 Å². The summed E-state index contributed by atoms with van der Waals surface area (Å²) in [5.41, 5.74) is -0.253. The van der Waals surface area contributed by atoms with E-state index in [0.29, 0.717) is 18.2 Å². The third-order valence-corrected chi connectivity index (χ3v) is 1.88. The zero-order chi connectivity index (χ0) is 12.9.